The number of rotatable bonds is 7. The molecule has 3 N–H and O–H groups in total. The quantitative estimate of drug-likeness (QED) is 0.347. The molecule has 1 amide bonds. The van der Waals surface area contributed by atoms with E-state index in [-0.39, 0.29) is 22.9 Å². The van der Waals surface area contributed by atoms with Crippen LogP contribution in [-0.4, -0.2) is 52.4 Å². The Morgan fingerprint density at radius 3 is 2.43 bits per heavy atom. The van der Waals surface area contributed by atoms with Crippen LogP contribution < -0.4 is 11.4 Å². The van der Waals surface area contributed by atoms with E-state index in [0.29, 0.717) is 15.2 Å². The SMILES string of the molecule is Cc1cccc(F)c1-n1nc(Cn2nc(-c3ccc(Cl)cc3)n(C[C@H](O)C(F)(F)F)c2=O)nc1C(N)=O. The summed E-state index contributed by atoms with van der Waals surface area (Å²) in [4.78, 5) is 29.0. The summed E-state index contributed by atoms with van der Waals surface area (Å²) in [6, 6.07) is 9.93. The highest BCUT2D eigenvalue weighted by atomic mass is 35.5. The normalized spacial score (nSPS) is 12.6. The molecule has 0 bridgehead atoms. The van der Waals surface area contributed by atoms with Gasteiger partial charge in [-0.25, -0.2) is 23.5 Å². The summed E-state index contributed by atoms with van der Waals surface area (Å²) in [7, 11) is 0. The van der Waals surface area contributed by atoms with Gasteiger partial charge in [0.25, 0.3) is 5.91 Å². The third-order valence-corrected chi connectivity index (χ3v) is 5.57. The van der Waals surface area contributed by atoms with Crippen molar-refractivity contribution in [2.45, 2.75) is 32.3 Å². The molecule has 0 fully saturated rings. The van der Waals surface area contributed by atoms with Crippen LogP contribution in [0.1, 0.15) is 22.0 Å². The molecule has 0 saturated carbocycles. The van der Waals surface area contributed by atoms with Crippen molar-refractivity contribution in [1.82, 2.24) is 29.1 Å². The number of nitrogens with zero attached hydrogens (tertiary/aromatic N) is 6. The van der Waals surface area contributed by atoms with Gasteiger partial charge in [0.2, 0.25) is 5.82 Å². The molecule has 0 aliphatic rings. The number of carbonyl (C=O) groups is 1. The number of nitrogens with two attached hydrogens (primary N) is 1. The predicted octanol–water partition coefficient (Wildman–Crippen LogP) is 2.46. The Morgan fingerprint density at radius 2 is 1.84 bits per heavy atom. The van der Waals surface area contributed by atoms with Gasteiger partial charge in [-0.2, -0.15) is 13.2 Å². The number of alkyl halides is 3. The monoisotopic (exact) mass is 539 g/mol. The molecule has 0 aliphatic heterocycles. The third kappa shape index (κ3) is 5.24. The average Bonchev–Trinajstić information content (AvgIpc) is 3.36. The van der Waals surface area contributed by atoms with E-state index in [2.05, 4.69) is 15.2 Å². The summed E-state index contributed by atoms with van der Waals surface area (Å²) in [6.45, 7) is -0.0699. The topological polar surface area (TPSA) is 134 Å². The molecule has 4 rings (SSSR count). The summed E-state index contributed by atoms with van der Waals surface area (Å²) >= 11 is 5.88. The number of aliphatic hydroxyl groups is 1. The number of amides is 1. The predicted molar refractivity (Wildman–Crippen MR) is 123 cm³/mol. The van der Waals surface area contributed by atoms with Crippen LogP contribution >= 0.6 is 11.6 Å². The van der Waals surface area contributed by atoms with Crippen LogP contribution in [0, 0.1) is 12.7 Å². The minimum Gasteiger partial charge on any atom is -0.382 e. The van der Waals surface area contributed by atoms with Crippen molar-refractivity contribution in [2.24, 2.45) is 5.73 Å². The maximum absolute atomic E-state index is 14.5. The molecule has 1 atom stereocenters. The number of aliphatic hydroxyl groups excluding tert-OH is 1. The van der Waals surface area contributed by atoms with Gasteiger partial charge in [-0.15, -0.1) is 10.2 Å². The van der Waals surface area contributed by atoms with E-state index in [1.807, 2.05) is 0 Å². The molecular formula is C22H18ClF4N7O3. The first kappa shape index (κ1) is 26.0. The molecule has 10 nitrogen and oxygen atoms in total. The van der Waals surface area contributed by atoms with Gasteiger partial charge in [0.1, 0.15) is 18.0 Å². The van der Waals surface area contributed by atoms with Crippen LogP contribution in [0.4, 0.5) is 17.6 Å². The summed E-state index contributed by atoms with van der Waals surface area (Å²) < 4.78 is 56.0. The van der Waals surface area contributed by atoms with E-state index in [1.54, 1.807) is 13.0 Å². The highest BCUT2D eigenvalue weighted by Gasteiger charge is 2.39. The Hall–Kier alpha value is -4.04. The second-order valence-corrected chi connectivity index (χ2v) is 8.41. The molecule has 4 aromatic rings. The molecule has 2 aromatic heterocycles. The zero-order valence-electron chi connectivity index (χ0n) is 18.9. The molecule has 2 heterocycles. The Labute approximate surface area is 210 Å². The number of hydrogen-bond acceptors (Lipinski definition) is 6. The van der Waals surface area contributed by atoms with Gasteiger partial charge in [-0.1, -0.05) is 23.7 Å². The molecule has 15 heteroatoms. The lowest BCUT2D eigenvalue weighted by molar-refractivity contribution is -0.207. The highest BCUT2D eigenvalue weighted by Crippen LogP contribution is 2.24. The summed E-state index contributed by atoms with van der Waals surface area (Å²) in [5.41, 5.74) is 4.92. The van der Waals surface area contributed by atoms with Crippen LogP contribution in [-0.2, 0) is 13.1 Å². The summed E-state index contributed by atoms with van der Waals surface area (Å²) in [6.07, 6.45) is -7.84. The van der Waals surface area contributed by atoms with E-state index < -0.39 is 48.6 Å². The van der Waals surface area contributed by atoms with E-state index in [9.17, 15) is 32.3 Å². The van der Waals surface area contributed by atoms with Gasteiger partial charge in [0, 0.05) is 10.6 Å². The van der Waals surface area contributed by atoms with Gasteiger partial charge < -0.3 is 10.8 Å². The van der Waals surface area contributed by atoms with E-state index in [4.69, 9.17) is 17.3 Å². The van der Waals surface area contributed by atoms with E-state index >= 15 is 0 Å². The number of aryl methyl sites for hydroxylation is 1. The van der Waals surface area contributed by atoms with Crippen LogP contribution in [0.15, 0.2) is 47.3 Å². The molecule has 0 spiro atoms. The highest BCUT2D eigenvalue weighted by molar-refractivity contribution is 6.30. The van der Waals surface area contributed by atoms with Crippen molar-refractivity contribution in [1.29, 1.82) is 0 Å². The van der Waals surface area contributed by atoms with Crippen molar-refractivity contribution < 1.29 is 27.5 Å². The fourth-order valence-electron chi connectivity index (χ4n) is 3.56. The van der Waals surface area contributed by atoms with Gasteiger partial charge in [-0.05, 0) is 42.8 Å². The van der Waals surface area contributed by atoms with Gasteiger partial charge in [0.05, 0.1) is 6.54 Å². The second-order valence-electron chi connectivity index (χ2n) is 7.97. The van der Waals surface area contributed by atoms with Gasteiger partial charge in [0.15, 0.2) is 17.8 Å². The van der Waals surface area contributed by atoms with Crippen molar-refractivity contribution in [3.8, 4) is 17.1 Å². The molecule has 0 aliphatic carbocycles. The second kappa shape index (κ2) is 9.78. The third-order valence-electron chi connectivity index (χ3n) is 5.32. The van der Waals surface area contributed by atoms with Crippen LogP contribution in [0.3, 0.4) is 0 Å². The number of hydrogen-bond donors (Lipinski definition) is 2. The standard InChI is InChI=1S/C22H18ClF4N7O3/c1-11-3-2-4-14(24)17(11)34-20(18(28)36)29-16(30-34)10-33-21(37)32(9-15(35)22(25,26)27)19(31-33)12-5-7-13(23)8-6-12/h2-8,15,35H,9-10H2,1H3,(H2,28,36)/t15-/m0/s1. The van der Waals surface area contributed by atoms with Gasteiger partial charge in [-0.3, -0.25) is 9.36 Å². The molecular weight excluding hydrogens is 522 g/mol. The van der Waals surface area contributed by atoms with Crippen LogP contribution in [0.5, 0.6) is 0 Å². The first-order valence-corrected chi connectivity index (χ1v) is 10.9. The lowest BCUT2D eigenvalue weighted by Gasteiger charge is -2.15. The fourth-order valence-corrected chi connectivity index (χ4v) is 3.69. The number of para-hydroxylation sites is 1. The molecule has 2 aromatic carbocycles. The molecule has 0 radical (unpaired) electrons. The van der Waals surface area contributed by atoms with E-state index in [1.165, 1.54) is 30.3 Å². The summed E-state index contributed by atoms with van der Waals surface area (Å²) in [5.74, 6) is -2.56. The Morgan fingerprint density at radius 1 is 1.16 bits per heavy atom. The number of halogens is 5. The number of primary amides is 1. The molecule has 0 unspecified atom stereocenters. The van der Waals surface area contributed by atoms with Crippen molar-refractivity contribution in [3.63, 3.8) is 0 Å². The first-order chi connectivity index (χ1) is 17.4. The lowest BCUT2D eigenvalue weighted by Crippen LogP contribution is -2.37. The Bertz CT molecular complexity index is 1510. The van der Waals surface area contributed by atoms with Crippen LogP contribution in [0.25, 0.3) is 17.1 Å². The minimum absolute atomic E-state index is 0.0944. The first-order valence-electron chi connectivity index (χ1n) is 10.6. The fraction of sp³-hybridized carbons (Fsp3) is 0.227. The molecule has 0 saturated heterocycles. The smallest absolute Gasteiger partial charge is 0.382 e. The Balaban J connectivity index is 1.80. The van der Waals surface area contributed by atoms with E-state index in [0.717, 1.165) is 15.4 Å². The number of aromatic nitrogens is 6. The van der Waals surface area contributed by atoms with Crippen LogP contribution in [0.2, 0.25) is 5.02 Å². The zero-order valence-corrected chi connectivity index (χ0v) is 19.7. The minimum atomic E-state index is -4.99. The van der Waals surface area contributed by atoms with Crippen molar-refractivity contribution in [3.05, 3.63) is 81.0 Å². The van der Waals surface area contributed by atoms with Crippen molar-refractivity contribution in [2.75, 3.05) is 0 Å². The van der Waals surface area contributed by atoms with Crippen molar-refractivity contribution >= 4 is 17.5 Å². The maximum atomic E-state index is 14.5. The van der Waals surface area contributed by atoms with Gasteiger partial charge >= 0.3 is 11.9 Å². The number of benzene rings is 2. The molecule has 194 valence electrons. The summed E-state index contributed by atoms with van der Waals surface area (Å²) in [5, 5.41) is 18.1. The lowest BCUT2D eigenvalue weighted by atomic mass is 10.2. The molecule has 37 heavy (non-hydrogen) atoms. The Kier molecular flexibility index (Phi) is 6.88. The average molecular weight is 540 g/mol. The maximum Gasteiger partial charge on any atom is 0.416 e. The number of carbonyl (C=O) groups excluding carboxylic acids is 1. The zero-order chi connectivity index (χ0) is 27.1. The largest absolute Gasteiger partial charge is 0.416 e.